The smallest absolute Gasteiger partial charge is 0.257 e. The number of ether oxygens (including phenoxy) is 1. The van der Waals surface area contributed by atoms with Crippen LogP contribution in [0.4, 0.5) is 5.82 Å². The van der Waals surface area contributed by atoms with Crippen LogP contribution < -0.4 is 10.1 Å². The second kappa shape index (κ2) is 7.62. The molecule has 5 nitrogen and oxygen atoms in total. The van der Waals surface area contributed by atoms with Crippen LogP contribution in [0.5, 0.6) is 5.88 Å². The number of hydrogen-bond acceptors (Lipinski definition) is 5. The maximum absolute atomic E-state index is 5.81. The molecule has 3 heterocycles. The molecular formula is C21H28N4O. The molecule has 2 aliphatic rings. The molecule has 0 saturated carbocycles. The number of nitrogens with zero attached hydrogens (tertiary/aromatic N) is 3. The van der Waals surface area contributed by atoms with Crippen molar-refractivity contribution in [1.29, 1.82) is 0 Å². The first-order valence-electron chi connectivity index (χ1n) is 9.73. The third-order valence-electron chi connectivity index (χ3n) is 5.45. The van der Waals surface area contributed by atoms with Gasteiger partial charge in [-0.3, -0.25) is 4.90 Å². The maximum Gasteiger partial charge on any atom is 0.257 e. The molecule has 2 bridgehead atoms. The van der Waals surface area contributed by atoms with E-state index in [2.05, 4.69) is 50.5 Å². The first kappa shape index (κ1) is 17.3. The molecule has 2 unspecified atom stereocenters. The maximum atomic E-state index is 5.81. The van der Waals surface area contributed by atoms with Crippen LogP contribution in [0.15, 0.2) is 42.7 Å². The third-order valence-corrected chi connectivity index (χ3v) is 5.45. The molecule has 0 aliphatic carbocycles. The van der Waals surface area contributed by atoms with Gasteiger partial charge in [-0.2, -0.15) is 0 Å². The lowest BCUT2D eigenvalue weighted by molar-refractivity contribution is 0.124. The average Bonchev–Trinajstić information content (AvgIpc) is 2.86. The van der Waals surface area contributed by atoms with Crippen LogP contribution in [0.1, 0.15) is 45.1 Å². The lowest BCUT2D eigenvalue weighted by Crippen LogP contribution is -2.46. The van der Waals surface area contributed by atoms with Gasteiger partial charge in [-0.15, -0.1) is 0 Å². The van der Waals surface area contributed by atoms with Crippen LogP contribution >= 0.6 is 0 Å². The van der Waals surface area contributed by atoms with E-state index in [9.17, 15) is 0 Å². The topological polar surface area (TPSA) is 50.3 Å². The fraction of sp³-hybridized carbons (Fsp3) is 0.524. The normalized spacial score (nSPS) is 25.4. The van der Waals surface area contributed by atoms with Crippen molar-refractivity contribution < 1.29 is 4.74 Å². The minimum Gasteiger partial charge on any atom is -0.472 e. The Hall–Kier alpha value is -2.14. The number of benzene rings is 1. The van der Waals surface area contributed by atoms with E-state index in [1.54, 1.807) is 12.4 Å². The van der Waals surface area contributed by atoms with E-state index in [1.807, 2.05) is 13.8 Å². The monoisotopic (exact) mass is 352 g/mol. The van der Waals surface area contributed by atoms with Crippen LogP contribution in [-0.2, 0) is 6.54 Å². The van der Waals surface area contributed by atoms with Gasteiger partial charge in [0.05, 0.1) is 6.10 Å². The van der Waals surface area contributed by atoms with Gasteiger partial charge in [-0.25, -0.2) is 9.97 Å². The Morgan fingerprint density at radius 3 is 2.46 bits per heavy atom. The number of nitrogens with one attached hydrogen (secondary N) is 1. The molecule has 0 spiro atoms. The first-order chi connectivity index (χ1) is 12.7. The second-order valence-electron chi connectivity index (χ2n) is 7.73. The summed E-state index contributed by atoms with van der Waals surface area (Å²) in [5, 5.41) is 3.61. The summed E-state index contributed by atoms with van der Waals surface area (Å²) in [4.78, 5) is 11.5. The van der Waals surface area contributed by atoms with Crippen molar-refractivity contribution in [3.63, 3.8) is 0 Å². The van der Waals surface area contributed by atoms with E-state index in [0.29, 0.717) is 24.0 Å². The van der Waals surface area contributed by atoms with Crippen LogP contribution in [0.3, 0.4) is 0 Å². The average molecular weight is 352 g/mol. The number of piperidine rings is 1. The number of hydrogen-bond donors (Lipinski definition) is 1. The molecule has 4 rings (SSSR count). The molecule has 2 aromatic rings. The summed E-state index contributed by atoms with van der Waals surface area (Å²) in [5.74, 6) is 1.39. The number of rotatable bonds is 6. The summed E-state index contributed by atoms with van der Waals surface area (Å²) in [7, 11) is 0. The van der Waals surface area contributed by atoms with Gasteiger partial charge in [0.2, 0.25) is 0 Å². The lowest BCUT2D eigenvalue weighted by atomic mass is 9.96. The van der Waals surface area contributed by atoms with Crippen molar-refractivity contribution >= 4 is 5.82 Å². The van der Waals surface area contributed by atoms with E-state index in [-0.39, 0.29) is 6.10 Å². The summed E-state index contributed by atoms with van der Waals surface area (Å²) in [5.41, 5.74) is 1.41. The Morgan fingerprint density at radius 2 is 1.77 bits per heavy atom. The molecule has 2 aliphatic heterocycles. The quantitative estimate of drug-likeness (QED) is 0.855. The van der Waals surface area contributed by atoms with Crippen molar-refractivity contribution in [2.45, 2.75) is 70.3 Å². The van der Waals surface area contributed by atoms with Gasteiger partial charge >= 0.3 is 0 Å². The first-order valence-corrected chi connectivity index (χ1v) is 9.73. The summed E-state index contributed by atoms with van der Waals surface area (Å²) in [6, 6.07) is 12.6. The summed E-state index contributed by atoms with van der Waals surface area (Å²) >= 11 is 0. The van der Waals surface area contributed by atoms with Gasteiger partial charge in [0.25, 0.3) is 5.88 Å². The summed E-state index contributed by atoms with van der Waals surface area (Å²) in [6.07, 6.45) is 8.42. The van der Waals surface area contributed by atoms with Gasteiger partial charge in [-0.1, -0.05) is 30.3 Å². The molecule has 0 radical (unpaired) electrons. The van der Waals surface area contributed by atoms with Crippen molar-refractivity contribution in [3.8, 4) is 5.88 Å². The van der Waals surface area contributed by atoms with E-state index in [0.717, 1.165) is 25.2 Å². The highest BCUT2D eigenvalue weighted by Crippen LogP contribution is 2.38. The molecule has 1 N–H and O–H groups in total. The molecule has 0 amide bonds. The third kappa shape index (κ3) is 3.83. The Bertz CT molecular complexity index is 707. The fourth-order valence-corrected chi connectivity index (χ4v) is 4.37. The van der Waals surface area contributed by atoms with Gasteiger partial charge in [0, 0.05) is 37.1 Å². The van der Waals surface area contributed by atoms with E-state index >= 15 is 0 Å². The number of anilines is 1. The van der Waals surface area contributed by atoms with Gasteiger partial charge < -0.3 is 10.1 Å². The van der Waals surface area contributed by atoms with Gasteiger partial charge in [-0.05, 0) is 45.1 Å². The highest BCUT2D eigenvalue weighted by Gasteiger charge is 2.40. The van der Waals surface area contributed by atoms with Crippen molar-refractivity contribution in [2.24, 2.45) is 0 Å². The molecule has 5 heteroatoms. The van der Waals surface area contributed by atoms with Gasteiger partial charge in [0.1, 0.15) is 0 Å². The molecule has 2 fully saturated rings. The zero-order chi connectivity index (χ0) is 17.9. The lowest BCUT2D eigenvalue weighted by Gasteiger charge is -2.39. The van der Waals surface area contributed by atoms with E-state index < -0.39 is 0 Å². The van der Waals surface area contributed by atoms with Crippen molar-refractivity contribution in [3.05, 3.63) is 48.3 Å². The zero-order valence-corrected chi connectivity index (χ0v) is 15.6. The Morgan fingerprint density at radius 1 is 1.08 bits per heavy atom. The predicted molar refractivity (Wildman–Crippen MR) is 103 cm³/mol. The summed E-state index contributed by atoms with van der Waals surface area (Å²) in [6.45, 7) is 5.09. The number of fused-ring (bicyclic) bond motifs is 2. The van der Waals surface area contributed by atoms with Crippen LogP contribution in [0, 0.1) is 0 Å². The largest absolute Gasteiger partial charge is 0.472 e. The highest BCUT2D eigenvalue weighted by molar-refractivity contribution is 5.45. The standard InChI is InChI=1S/C21H28N4O/c1-15(2)26-21-20(22-10-11-23-21)24-17-12-18-8-9-19(13-17)25(18)14-16-6-4-3-5-7-16/h3-7,10-11,15,17-19H,8-9,12-14H2,1-2H3,(H,22,24). The fourth-order valence-electron chi connectivity index (χ4n) is 4.37. The molecule has 2 atom stereocenters. The molecular weight excluding hydrogens is 324 g/mol. The minimum absolute atomic E-state index is 0.0937. The highest BCUT2D eigenvalue weighted by atomic mass is 16.5. The molecule has 2 saturated heterocycles. The van der Waals surface area contributed by atoms with E-state index in [1.165, 1.54) is 18.4 Å². The summed E-state index contributed by atoms with van der Waals surface area (Å²) < 4.78 is 5.81. The van der Waals surface area contributed by atoms with Crippen molar-refractivity contribution in [2.75, 3.05) is 5.32 Å². The Labute approximate surface area is 155 Å². The van der Waals surface area contributed by atoms with Crippen LogP contribution in [-0.4, -0.2) is 39.1 Å². The second-order valence-corrected chi connectivity index (χ2v) is 7.73. The molecule has 1 aromatic carbocycles. The Balaban J connectivity index is 1.42. The van der Waals surface area contributed by atoms with Gasteiger partial charge in [0.15, 0.2) is 5.82 Å². The number of aromatic nitrogens is 2. The SMILES string of the molecule is CC(C)Oc1nccnc1NC1CC2CCC(C1)N2Cc1ccccc1. The van der Waals surface area contributed by atoms with Crippen LogP contribution in [0.2, 0.25) is 0 Å². The predicted octanol–water partition coefficient (Wildman–Crippen LogP) is 3.87. The zero-order valence-electron chi connectivity index (χ0n) is 15.6. The van der Waals surface area contributed by atoms with Crippen molar-refractivity contribution in [1.82, 2.24) is 14.9 Å². The minimum atomic E-state index is 0.0937. The van der Waals surface area contributed by atoms with Crippen LogP contribution in [0.25, 0.3) is 0 Å². The Kier molecular flexibility index (Phi) is 5.07. The molecule has 1 aromatic heterocycles. The molecule has 138 valence electrons. The molecule has 26 heavy (non-hydrogen) atoms. The van der Waals surface area contributed by atoms with E-state index in [4.69, 9.17) is 4.74 Å².